The summed E-state index contributed by atoms with van der Waals surface area (Å²) in [5, 5.41) is 0. The first-order chi connectivity index (χ1) is 10.3. The van der Waals surface area contributed by atoms with Crippen LogP contribution in [0.4, 0.5) is 0 Å². The summed E-state index contributed by atoms with van der Waals surface area (Å²) in [4.78, 5) is 16.2. The molecule has 4 heteroatoms. The second kappa shape index (κ2) is 6.74. The van der Waals surface area contributed by atoms with Gasteiger partial charge < -0.3 is 9.30 Å². The van der Waals surface area contributed by atoms with Gasteiger partial charge in [-0.2, -0.15) is 0 Å². The number of benzene rings is 1. The standard InChI is InChI=1S/C17H22N2O2/c20-17(21-14-7-2-1-3-8-14)11-6-12-19-13-18-15-9-4-5-10-16(15)19/h4-5,9-10,13-14H,1-3,6-8,11-12H2. The number of aryl methyl sites for hydroxylation is 1. The van der Waals surface area contributed by atoms with Crippen LogP contribution in [0.2, 0.25) is 0 Å². The molecule has 3 rings (SSSR count). The van der Waals surface area contributed by atoms with E-state index < -0.39 is 0 Å². The molecule has 1 heterocycles. The minimum Gasteiger partial charge on any atom is -0.462 e. The van der Waals surface area contributed by atoms with E-state index in [2.05, 4.69) is 15.6 Å². The Morgan fingerprint density at radius 1 is 1.24 bits per heavy atom. The second-order valence-electron chi connectivity index (χ2n) is 5.78. The molecule has 1 aliphatic rings. The first kappa shape index (κ1) is 14.1. The summed E-state index contributed by atoms with van der Waals surface area (Å²) >= 11 is 0. The summed E-state index contributed by atoms with van der Waals surface area (Å²) in [6.07, 6.45) is 9.04. The summed E-state index contributed by atoms with van der Waals surface area (Å²) in [6.45, 7) is 0.806. The molecule has 0 aliphatic heterocycles. The molecule has 1 aromatic carbocycles. The minimum absolute atomic E-state index is 0.0497. The fourth-order valence-electron chi connectivity index (χ4n) is 3.01. The normalized spacial score (nSPS) is 16.2. The maximum atomic E-state index is 11.9. The van der Waals surface area contributed by atoms with Crippen LogP contribution in [-0.2, 0) is 16.1 Å². The lowest BCUT2D eigenvalue weighted by Crippen LogP contribution is -2.20. The van der Waals surface area contributed by atoms with Crippen LogP contribution < -0.4 is 0 Å². The molecule has 2 aromatic rings. The highest BCUT2D eigenvalue weighted by Gasteiger charge is 2.17. The Morgan fingerprint density at radius 3 is 2.90 bits per heavy atom. The molecule has 0 atom stereocenters. The summed E-state index contributed by atoms with van der Waals surface area (Å²) in [5.41, 5.74) is 2.13. The summed E-state index contributed by atoms with van der Waals surface area (Å²) in [6, 6.07) is 8.06. The molecule has 0 N–H and O–H groups in total. The average molecular weight is 286 g/mol. The average Bonchev–Trinajstić information content (AvgIpc) is 2.92. The van der Waals surface area contributed by atoms with E-state index >= 15 is 0 Å². The first-order valence-electron chi connectivity index (χ1n) is 7.92. The number of para-hydroxylation sites is 2. The van der Waals surface area contributed by atoms with Gasteiger partial charge in [-0.15, -0.1) is 0 Å². The van der Waals surface area contributed by atoms with Gasteiger partial charge in [-0.3, -0.25) is 4.79 Å². The van der Waals surface area contributed by atoms with E-state index in [-0.39, 0.29) is 12.1 Å². The van der Waals surface area contributed by atoms with Crippen LogP contribution in [0, 0.1) is 0 Å². The fourth-order valence-corrected chi connectivity index (χ4v) is 3.01. The van der Waals surface area contributed by atoms with Crippen molar-refractivity contribution in [1.82, 2.24) is 9.55 Å². The number of imidazole rings is 1. The highest BCUT2D eigenvalue weighted by molar-refractivity contribution is 5.75. The number of rotatable bonds is 5. The lowest BCUT2D eigenvalue weighted by atomic mass is 9.98. The van der Waals surface area contributed by atoms with Crippen LogP contribution in [0.1, 0.15) is 44.9 Å². The third-order valence-corrected chi connectivity index (χ3v) is 4.16. The van der Waals surface area contributed by atoms with Gasteiger partial charge in [0.25, 0.3) is 0 Å². The quantitative estimate of drug-likeness (QED) is 0.787. The lowest BCUT2D eigenvalue weighted by Gasteiger charge is -2.21. The monoisotopic (exact) mass is 286 g/mol. The highest BCUT2D eigenvalue weighted by atomic mass is 16.5. The Kier molecular flexibility index (Phi) is 4.53. The van der Waals surface area contributed by atoms with Gasteiger partial charge in [0.05, 0.1) is 17.4 Å². The maximum Gasteiger partial charge on any atom is 0.306 e. The number of ether oxygens (including phenoxy) is 1. The van der Waals surface area contributed by atoms with E-state index in [4.69, 9.17) is 4.74 Å². The molecule has 1 aliphatic carbocycles. The third-order valence-electron chi connectivity index (χ3n) is 4.16. The zero-order valence-corrected chi connectivity index (χ0v) is 12.3. The zero-order chi connectivity index (χ0) is 14.5. The van der Waals surface area contributed by atoms with Gasteiger partial charge in [-0.25, -0.2) is 4.98 Å². The van der Waals surface area contributed by atoms with Crippen LogP contribution in [0.15, 0.2) is 30.6 Å². The van der Waals surface area contributed by atoms with Crippen molar-refractivity contribution in [2.75, 3.05) is 0 Å². The molecule has 0 amide bonds. The molecule has 0 saturated heterocycles. The molecule has 4 nitrogen and oxygen atoms in total. The number of fused-ring (bicyclic) bond motifs is 1. The number of carbonyl (C=O) groups excluding carboxylic acids is 1. The van der Waals surface area contributed by atoms with Crippen LogP contribution in [-0.4, -0.2) is 21.6 Å². The van der Waals surface area contributed by atoms with Crippen molar-refractivity contribution in [2.45, 2.75) is 57.6 Å². The second-order valence-corrected chi connectivity index (χ2v) is 5.78. The smallest absolute Gasteiger partial charge is 0.306 e. The van der Waals surface area contributed by atoms with Crippen molar-refractivity contribution >= 4 is 17.0 Å². The van der Waals surface area contributed by atoms with Crippen molar-refractivity contribution in [1.29, 1.82) is 0 Å². The Hall–Kier alpha value is -1.84. The van der Waals surface area contributed by atoms with E-state index in [9.17, 15) is 4.79 Å². The predicted octanol–water partition coefficient (Wildman–Crippen LogP) is 3.69. The number of aromatic nitrogens is 2. The number of hydrogen-bond acceptors (Lipinski definition) is 3. The van der Waals surface area contributed by atoms with Gasteiger partial charge in [0.15, 0.2) is 0 Å². The number of hydrogen-bond donors (Lipinski definition) is 0. The highest BCUT2D eigenvalue weighted by Crippen LogP contribution is 2.21. The van der Waals surface area contributed by atoms with E-state index in [1.807, 2.05) is 24.5 Å². The van der Waals surface area contributed by atoms with Crippen molar-refractivity contribution in [3.8, 4) is 0 Å². The number of nitrogens with zero attached hydrogens (tertiary/aromatic N) is 2. The van der Waals surface area contributed by atoms with Crippen molar-refractivity contribution < 1.29 is 9.53 Å². The van der Waals surface area contributed by atoms with Gasteiger partial charge in [0.2, 0.25) is 0 Å². The third kappa shape index (κ3) is 3.63. The number of esters is 1. The van der Waals surface area contributed by atoms with Crippen molar-refractivity contribution in [3.63, 3.8) is 0 Å². The molecule has 1 aromatic heterocycles. The molecule has 0 radical (unpaired) electrons. The topological polar surface area (TPSA) is 44.1 Å². The molecule has 112 valence electrons. The van der Waals surface area contributed by atoms with Gasteiger partial charge >= 0.3 is 5.97 Å². The van der Waals surface area contributed by atoms with E-state index in [1.165, 1.54) is 19.3 Å². The van der Waals surface area contributed by atoms with Gasteiger partial charge in [0, 0.05) is 13.0 Å². The summed E-state index contributed by atoms with van der Waals surface area (Å²) in [5.74, 6) is -0.0497. The number of carbonyl (C=O) groups is 1. The summed E-state index contributed by atoms with van der Waals surface area (Å²) < 4.78 is 7.63. The van der Waals surface area contributed by atoms with Crippen LogP contribution in [0.5, 0.6) is 0 Å². The van der Waals surface area contributed by atoms with Crippen LogP contribution in [0.25, 0.3) is 11.0 Å². The Balaban J connectivity index is 1.46. The Bertz CT molecular complexity index is 600. The minimum atomic E-state index is -0.0497. The van der Waals surface area contributed by atoms with Gasteiger partial charge in [-0.1, -0.05) is 18.6 Å². The SMILES string of the molecule is O=C(CCCn1cnc2ccccc21)OC1CCCCC1. The first-order valence-corrected chi connectivity index (χ1v) is 7.92. The fraction of sp³-hybridized carbons (Fsp3) is 0.529. The van der Waals surface area contributed by atoms with Crippen LogP contribution in [0.3, 0.4) is 0 Å². The van der Waals surface area contributed by atoms with Gasteiger partial charge in [0.1, 0.15) is 6.10 Å². The largest absolute Gasteiger partial charge is 0.462 e. The molecule has 0 unspecified atom stereocenters. The molecule has 0 bridgehead atoms. The van der Waals surface area contributed by atoms with E-state index in [1.54, 1.807) is 0 Å². The molecular weight excluding hydrogens is 264 g/mol. The molecular formula is C17H22N2O2. The predicted molar refractivity (Wildman–Crippen MR) is 81.9 cm³/mol. The maximum absolute atomic E-state index is 11.9. The molecule has 1 fully saturated rings. The van der Waals surface area contributed by atoms with Crippen LogP contribution >= 0.6 is 0 Å². The van der Waals surface area contributed by atoms with Gasteiger partial charge in [-0.05, 0) is 44.2 Å². The lowest BCUT2D eigenvalue weighted by molar-refractivity contribution is -0.150. The Labute approximate surface area is 125 Å². The van der Waals surface area contributed by atoms with E-state index in [0.717, 1.165) is 36.8 Å². The van der Waals surface area contributed by atoms with E-state index in [0.29, 0.717) is 6.42 Å². The molecule has 0 spiro atoms. The van der Waals surface area contributed by atoms with Crippen molar-refractivity contribution in [2.24, 2.45) is 0 Å². The Morgan fingerprint density at radius 2 is 2.05 bits per heavy atom. The van der Waals surface area contributed by atoms with Crippen molar-refractivity contribution in [3.05, 3.63) is 30.6 Å². The molecule has 21 heavy (non-hydrogen) atoms. The summed E-state index contributed by atoms with van der Waals surface area (Å²) in [7, 11) is 0. The molecule has 1 saturated carbocycles. The zero-order valence-electron chi connectivity index (χ0n) is 12.3.